The number of aromatic nitrogens is 1. The van der Waals surface area contributed by atoms with Crippen LogP contribution >= 0.6 is 11.3 Å². The number of nitrogens with one attached hydrogen (secondary N) is 1. The van der Waals surface area contributed by atoms with Gasteiger partial charge in [0.25, 0.3) is 0 Å². The molecule has 3 heteroatoms. The number of thiazole rings is 1. The molecule has 3 rings (SSSR count). The van der Waals surface area contributed by atoms with Crippen molar-refractivity contribution in [2.45, 2.75) is 66.5 Å². The van der Waals surface area contributed by atoms with E-state index in [1.165, 1.54) is 34.8 Å². The first-order valence-corrected chi connectivity index (χ1v) is 8.32. The average molecular weight is 278 g/mol. The van der Waals surface area contributed by atoms with E-state index in [0.29, 0.717) is 16.9 Å². The fraction of sp³-hybridized carbons (Fsp3) is 0.812. The molecule has 0 amide bonds. The highest BCUT2D eigenvalue weighted by Gasteiger charge is 2.60. The molecule has 0 aliphatic heterocycles. The molecule has 1 aromatic rings. The number of hydrogen-bond acceptors (Lipinski definition) is 3. The van der Waals surface area contributed by atoms with E-state index < -0.39 is 0 Å². The van der Waals surface area contributed by atoms with Gasteiger partial charge in [-0.3, -0.25) is 0 Å². The third-order valence-corrected chi connectivity index (χ3v) is 7.38. The van der Waals surface area contributed by atoms with Crippen molar-refractivity contribution in [3.63, 3.8) is 0 Å². The second-order valence-electron chi connectivity index (χ2n) is 7.29. The van der Waals surface area contributed by atoms with Crippen LogP contribution in [-0.4, -0.2) is 11.0 Å². The summed E-state index contributed by atoms with van der Waals surface area (Å²) in [6.07, 6.45) is 4.18. The molecule has 0 aromatic carbocycles. The van der Waals surface area contributed by atoms with Gasteiger partial charge in [-0.1, -0.05) is 20.8 Å². The van der Waals surface area contributed by atoms with Gasteiger partial charge in [0.2, 0.25) is 0 Å². The van der Waals surface area contributed by atoms with Crippen LogP contribution in [0.5, 0.6) is 0 Å². The smallest absolute Gasteiger partial charge is 0.0900 e. The van der Waals surface area contributed by atoms with Gasteiger partial charge in [0, 0.05) is 17.5 Å². The van der Waals surface area contributed by atoms with Crippen LogP contribution in [-0.2, 0) is 6.54 Å². The minimum atomic E-state index is 0.477. The molecule has 1 aromatic heterocycles. The lowest BCUT2D eigenvalue weighted by Gasteiger charge is -2.39. The maximum absolute atomic E-state index is 4.53. The molecule has 3 atom stereocenters. The largest absolute Gasteiger partial charge is 0.308 e. The third kappa shape index (κ3) is 1.89. The number of rotatable bonds is 3. The maximum Gasteiger partial charge on any atom is 0.0900 e. The van der Waals surface area contributed by atoms with E-state index in [2.05, 4.69) is 44.9 Å². The molecule has 1 heterocycles. The second-order valence-corrected chi connectivity index (χ2v) is 8.57. The average Bonchev–Trinajstić information content (AvgIpc) is 2.82. The summed E-state index contributed by atoms with van der Waals surface area (Å²) in [5.74, 6) is 0.916. The zero-order valence-electron chi connectivity index (χ0n) is 12.8. The predicted molar refractivity (Wildman–Crippen MR) is 81.4 cm³/mol. The van der Waals surface area contributed by atoms with Gasteiger partial charge in [-0.15, -0.1) is 11.3 Å². The zero-order chi connectivity index (χ0) is 13.8. The molecule has 0 saturated heterocycles. The van der Waals surface area contributed by atoms with Crippen LogP contribution in [0.15, 0.2) is 0 Å². The lowest BCUT2D eigenvalue weighted by Crippen LogP contribution is -2.44. The van der Waals surface area contributed by atoms with Gasteiger partial charge in [0.1, 0.15) is 0 Å². The van der Waals surface area contributed by atoms with E-state index in [1.807, 2.05) is 11.3 Å². The highest BCUT2D eigenvalue weighted by atomic mass is 32.1. The topological polar surface area (TPSA) is 24.9 Å². The Labute approximate surface area is 121 Å². The van der Waals surface area contributed by atoms with Gasteiger partial charge < -0.3 is 5.32 Å². The van der Waals surface area contributed by atoms with Crippen molar-refractivity contribution in [3.8, 4) is 0 Å². The van der Waals surface area contributed by atoms with Crippen LogP contribution in [0, 0.1) is 30.6 Å². The molecule has 2 saturated carbocycles. The minimum Gasteiger partial charge on any atom is -0.308 e. The Hall–Kier alpha value is -0.410. The fourth-order valence-electron chi connectivity index (χ4n) is 4.47. The number of aryl methyl sites for hydroxylation is 2. The van der Waals surface area contributed by atoms with E-state index in [9.17, 15) is 0 Å². The normalized spacial score (nSPS) is 36.1. The molecular weight excluding hydrogens is 252 g/mol. The van der Waals surface area contributed by atoms with E-state index in [-0.39, 0.29) is 0 Å². The molecule has 0 spiro atoms. The first kappa shape index (κ1) is 13.6. The van der Waals surface area contributed by atoms with E-state index in [0.717, 1.165) is 12.5 Å². The Balaban J connectivity index is 1.71. The number of nitrogens with zero attached hydrogens (tertiary/aromatic N) is 1. The van der Waals surface area contributed by atoms with E-state index in [1.54, 1.807) is 0 Å². The fourth-order valence-corrected chi connectivity index (χ4v) is 5.35. The van der Waals surface area contributed by atoms with Gasteiger partial charge in [-0.2, -0.15) is 0 Å². The molecule has 106 valence electrons. The van der Waals surface area contributed by atoms with Crippen LogP contribution in [0.4, 0.5) is 0 Å². The molecule has 3 unspecified atom stereocenters. The molecular formula is C16H26N2S. The van der Waals surface area contributed by atoms with E-state index >= 15 is 0 Å². The molecule has 19 heavy (non-hydrogen) atoms. The van der Waals surface area contributed by atoms with Crippen molar-refractivity contribution in [3.05, 3.63) is 15.6 Å². The lowest BCUT2D eigenvalue weighted by atomic mass is 9.69. The van der Waals surface area contributed by atoms with Gasteiger partial charge >= 0.3 is 0 Å². The van der Waals surface area contributed by atoms with Crippen LogP contribution in [0.25, 0.3) is 0 Å². The Morgan fingerprint density at radius 1 is 1.32 bits per heavy atom. The van der Waals surface area contributed by atoms with Gasteiger partial charge in [-0.25, -0.2) is 4.98 Å². The summed E-state index contributed by atoms with van der Waals surface area (Å²) in [5, 5.41) is 5.04. The summed E-state index contributed by atoms with van der Waals surface area (Å²) in [7, 11) is 0. The molecule has 2 nitrogen and oxygen atoms in total. The van der Waals surface area contributed by atoms with Crippen LogP contribution in [0.1, 0.15) is 55.6 Å². The quantitative estimate of drug-likeness (QED) is 0.901. The summed E-state index contributed by atoms with van der Waals surface area (Å²) in [5.41, 5.74) is 2.19. The van der Waals surface area contributed by atoms with Gasteiger partial charge in [0.05, 0.1) is 10.7 Å². The number of hydrogen-bond donors (Lipinski definition) is 1. The van der Waals surface area contributed by atoms with Crippen molar-refractivity contribution < 1.29 is 0 Å². The first-order chi connectivity index (χ1) is 8.84. The van der Waals surface area contributed by atoms with Crippen molar-refractivity contribution in [2.24, 2.45) is 16.7 Å². The summed E-state index contributed by atoms with van der Waals surface area (Å²) in [6, 6.07) is 0.683. The summed E-state index contributed by atoms with van der Waals surface area (Å²) >= 11 is 1.84. The SMILES string of the molecule is Cc1nc(C)c(CNC2CC3CCC2(C)C3(C)C)s1. The molecule has 1 N–H and O–H groups in total. The molecule has 2 aliphatic rings. The molecule has 2 fully saturated rings. The van der Waals surface area contributed by atoms with Crippen LogP contribution in [0.2, 0.25) is 0 Å². The lowest BCUT2D eigenvalue weighted by molar-refractivity contribution is 0.120. The Morgan fingerprint density at radius 3 is 2.53 bits per heavy atom. The highest BCUT2D eigenvalue weighted by Crippen LogP contribution is 2.65. The van der Waals surface area contributed by atoms with E-state index in [4.69, 9.17) is 0 Å². The Kier molecular flexibility index (Phi) is 3.06. The summed E-state index contributed by atoms with van der Waals surface area (Å²) in [4.78, 5) is 5.95. The standard InChI is InChI=1S/C16H26N2S/c1-10-13(19-11(2)18-10)9-17-14-8-12-6-7-16(14,5)15(12,3)4/h12,14,17H,6-9H2,1-5H3. The Morgan fingerprint density at radius 2 is 2.05 bits per heavy atom. The highest BCUT2D eigenvalue weighted by molar-refractivity contribution is 7.11. The molecule has 2 aliphatic carbocycles. The minimum absolute atomic E-state index is 0.477. The summed E-state index contributed by atoms with van der Waals surface area (Å²) < 4.78 is 0. The monoisotopic (exact) mass is 278 g/mol. The Bertz CT molecular complexity index is 491. The van der Waals surface area contributed by atoms with Crippen molar-refractivity contribution in [1.82, 2.24) is 10.3 Å². The van der Waals surface area contributed by atoms with Crippen molar-refractivity contribution in [1.29, 1.82) is 0 Å². The van der Waals surface area contributed by atoms with Crippen LogP contribution < -0.4 is 5.32 Å². The van der Waals surface area contributed by atoms with Crippen molar-refractivity contribution >= 4 is 11.3 Å². The second kappa shape index (κ2) is 4.29. The maximum atomic E-state index is 4.53. The third-order valence-electron chi connectivity index (χ3n) is 6.30. The molecule has 2 bridgehead atoms. The first-order valence-electron chi connectivity index (χ1n) is 7.51. The predicted octanol–water partition coefficient (Wildman–Crippen LogP) is 4.06. The zero-order valence-corrected chi connectivity index (χ0v) is 13.7. The summed E-state index contributed by atoms with van der Waals surface area (Å²) in [6.45, 7) is 12.7. The molecule has 0 radical (unpaired) electrons. The van der Waals surface area contributed by atoms with Gasteiger partial charge in [0.15, 0.2) is 0 Å². The van der Waals surface area contributed by atoms with Crippen LogP contribution in [0.3, 0.4) is 0 Å². The number of fused-ring (bicyclic) bond motifs is 2. The van der Waals surface area contributed by atoms with Gasteiger partial charge in [-0.05, 0) is 49.9 Å². The van der Waals surface area contributed by atoms with Crippen molar-refractivity contribution in [2.75, 3.05) is 0 Å².